The van der Waals surface area contributed by atoms with Crippen molar-refractivity contribution in [2.45, 2.75) is 37.2 Å². The topological polar surface area (TPSA) is 46.2 Å². The van der Waals surface area contributed by atoms with Crippen molar-refractivity contribution in [2.75, 3.05) is 6.54 Å². The summed E-state index contributed by atoms with van der Waals surface area (Å²) in [7, 11) is 0. The van der Waals surface area contributed by atoms with Gasteiger partial charge in [-0.1, -0.05) is 54.6 Å². The van der Waals surface area contributed by atoms with E-state index in [1.165, 1.54) is 16.7 Å². The summed E-state index contributed by atoms with van der Waals surface area (Å²) in [6.07, 6.45) is 3.38. The van der Waals surface area contributed by atoms with Crippen LogP contribution in [0.5, 0.6) is 0 Å². The Bertz CT molecular complexity index is 596. The Hall–Kier alpha value is -1.64. The summed E-state index contributed by atoms with van der Waals surface area (Å²) < 4.78 is 0. The first-order valence-electron chi connectivity index (χ1n) is 7.77. The van der Waals surface area contributed by atoms with E-state index in [0.29, 0.717) is 13.0 Å². The zero-order chi connectivity index (χ0) is 14.7. The van der Waals surface area contributed by atoms with Gasteiger partial charge in [0.1, 0.15) is 0 Å². The standard InChI is InChI=1S/C19H23NO/c20-14-19(18(21)13-15-7-2-1-3-8-15)12-6-10-16-9-4-5-11-17(16)19/h1-5,7-9,11,18,21H,6,10,12-14,20H2. The number of benzene rings is 2. The highest BCUT2D eigenvalue weighted by atomic mass is 16.3. The second-order valence-corrected chi connectivity index (χ2v) is 6.08. The van der Waals surface area contributed by atoms with Gasteiger partial charge < -0.3 is 10.8 Å². The van der Waals surface area contributed by atoms with Crippen LogP contribution in [0.2, 0.25) is 0 Å². The Balaban J connectivity index is 1.94. The largest absolute Gasteiger partial charge is 0.392 e. The molecule has 0 radical (unpaired) electrons. The summed E-state index contributed by atoms with van der Waals surface area (Å²) in [5.41, 5.74) is 9.61. The SMILES string of the molecule is NCC1(C(O)Cc2ccccc2)CCCc2ccccc21. The molecule has 2 nitrogen and oxygen atoms in total. The smallest absolute Gasteiger partial charge is 0.0689 e. The molecule has 0 saturated carbocycles. The van der Waals surface area contributed by atoms with E-state index < -0.39 is 6.10 Å². The second-order valence-electron chi connectivity index (χ2n) is 6.08. The third-order valence-electron chi connectivity index (χ3n) is 4.90. The summed E-state index contributed by atoms with van der Waals surface area (Å²) in [4.78, 5) is 0. The van der Waals surface area contributed by atoms with Crippen LogP contribution in [0.25, 0.3) is 0 Å². The first kappa shape index (κ1) is 14.3. The molecule has 0 spiro atoms. The minimum atomic E-state index is -0.439. The van der Waals surface area contributed by atoms with Crippen molar-refractivity contribution >= 4 is 0 Å². The molecule has 2 aromatic rings. The molecule has 21 heavy (non-hydrogen) atoms. The van der Waals surface area contributed by atoms with Gasteiger partial charge >= 0.3 is 0 Å². The van der Waals surface area contributed by atoms with E-state index in [1.54, 1.807) is 0 Å². The molecule has 2 atom stereocenters. The van der Waals surface area contributed by atoms with Crippen LogP contribution in [-0.4, -0.2) is 17.8 Å². The fourth-order valence-electron chi connectivity index (χ4n) is 3.68. The molecule has 0 bridgehead atoms. The van der Waals surface area contributed by atoms with Gasteiger partial charge in [0.2, 0.25) is 0 Å². The summed E-state index contributed by atoms with van der Waals surface area (Å²) in [6, 6.07) is 18.6. The molecule has 0 aromatic heterocycles. The lowest BCUT2D eigenvalue weighted by atomic mass is 9.65. The van der Waals surface area contributed by atoms with Gasteiger partial charge in [-0.25, -0.2) is 0 Å². The Labute approximate surface area is 126 Å². The Morgan fingerprint density at radius 3 is 2.52 bits per heavy atom. The van der Waals surface area contributed by atoms with Crippen molar-refractivity contribution in [1.82, 2.24) is 0 Å². The number of fused-ring (bicyclic) bond motifs is 1. The molecule has 2 heteroatoms. The molecule has 3 N–H and O–H groups in total. The van der Waals surface area contributed by atoms with Gasteiger partial charge in [0, 0.05) is 12.0 Å². The molecule has 1 aliphatic rings. The zero-order valence-corrected chi connectivity index (χ0v) is 12.3. The molecule has 0 heterocycles. The van der Waals surface area contributed by atoms with Crippen LogP contribution in [0, 0.1) is 0 Å². The van der Waals surface area contributed by atoms with Crippen LogP contribution in [0.4, 0.5) is 0 Å². The van der Waals surface area contributed by atoms with Gasteiger partial charge in [-0.05, 0) is 42.4 Å². The number of rotatable bonds is 4. The molecule has 2 unspecified atom stereocenters. The van der Waals surface area contributed by atoms with Gasteiger partial charge in [0.05, 0.1) is 6.10 Å². The van der Waals surface area contributed by atoms with E-state index in [9.17, 15) is 5.11 Å². The number of hydrogen-bond acceptors (Lipinski definition) is 2. The van der Waals surface area contributed by atoms with Gasteiger partial charge in [0.25, 0.3) is 0 Å². The highest BCUT2D eigenvalue weighted by Crippen LogP contribution is 2.40. The predicted molar refractivity (Wildman–Crippen MR) is 86.3 cm³/mol. The van der Waals surface area contributed by atoms with E-state index in [-0.39, 0.29) is 5.41 Å². The molecule has 110 valence electrons. The normalized spacial score (nSPS) is 22.6. The molecular formula is C19H23NO. The van der Waals surface area contributed by atoms with Crippen molar-refractivity contribution in [2.24, 2.45) is 5.73 Å². The van der Waals surface area contributed by atoms with Crippen LogP contribution in [0.3, 0.4) is 0 Å². The highest BCUT2D eigenvalue weighted by molar-refractivity contribution is 5.39. The van der Waals surface area contributed by atoms with E-state index >= 15 is 0 Å². The predicted octanol–water partition coefficient (Wildman–Crippen LogP) is 2.82. The van der Waals surface area contributed by atoms with E-state index in [0.717, 1.165) is 19.3 Å². The van der Waals surface area contributed by atoms with E-state index in [1.807, 2.05) is 18.2 Å². The van der Waals surface area contributed by atoms with Crippen molar-refractivity contribution < 1.29 is 5.11 Å². The van der Waals surface area contributed by atoms with Crippen molar-refractivity contribution in [1.29, 1.82) is 0 Å². The average Bonchev–Trinajstić information content (AvgIpc) is 2.55. The molecular weight excluding hydrogens is 258 g/mol. The molecule has 0 fully saturated rings. The number of aliphatic hydroxyl groups is 1. The van der Waals surface area contributed by atoms with Gasteiger partial charge in [0.15, 0.2) is 0 Å². The third kappa shape index (κ3) is 2.61. The molecule has 0 amide bonds. The molecule has 0 aliphatic heterocycles. The maximum absolute atomic E-state index is 10.9. The summed E-state index contributed by atoms with van der Waals surface area (Å²) in [5.74, 6) is 0. The first-order valence-corrected chi connectivity index (χ1v) is 7.77. The van der Waals surface area contributed by atoms with Crippen LogP contribution < -0.4 is 5.73 Å². The lowest BCUT2D eigenvalue weighted by Crippen LogP contribution is -2.49. The molecule has 0 saturated heterocycles. The van der Waals surface area contributed by atoms with Gasteiger partial charge in [-0.3, -0.25) is 0 Å². The third-order valence-corrected chi connectivity index (χ3v) is 4.90. The summed E-state index contributed by atoms with van der Waals surface area (Å²) in [5, 5.41) is 10.9. The summed E-state index contributed by atoms with van der Waals surface area (Å²) in [6.45, 7) is 0.498. The highest BCUT2D eigenvalue weighted by Gasteiger charge is 2.41. The number of nitrogens with two attached hydrogens (primary N) is 1. The molecule has 3 rings (SSSR count). The van der Waals surface area contributed by atoms with Gasteiger partial charge in [-0.2, -0.15) is 0 Å². The quantitative estimate of drug-likeness (QED) is 0.905. The van der Waals surface area contributed by atoms with Crippen molar-refractivity contribution in [3.8, 4) is 0 Å². The second kappa shape index (κ2) is 6.00. The minimum Gasteiger partial charge on any atom is -0.392 e. The van der Waals surface area contributed by atoms with Crippen LogP contribution in [0.15, 0.2) is 54.6 Å². The lowest BCUT2D eigenvalue weighted by molar-refractivity contribution is 0.0724. The summed E-state index contributed by atoms with van der Waals surface area (Å²) >= 11 is 0. The Morgan fingerprint density at radius 1 is 1.05 bits per heavy atom. The van der Waals surface area contributed by atoms with Crippen molar-refractivity contribution in [3.63, 3.8) is 0 Å². The minimum absolute atomic E-state index is 0.301. The first-order chi connectivity index (χ1) is 10.3. The average molecular weight is 281 g/mol. The maximum atomic E-state index is 10.9. The monoisotopic (exact) mass is 281 g/mol. The maximum Gasteiger partial charge on any atom is 0.0689 e. The van der Waals surface area contributed by atoms with Gasteiger partial charge in [-0.15, -0.1) is 0 Å². The van der Waals surface area contributed by atoms with Crippen LogP contribution >= 0.6 is 0 Å². The number of aryl methyl sites for hydroxylation is 1. The Kier molecular flexibility index (Phi) is 4.09. The molecule has 1 aliphatic carbocycles. The number of hydrogen-bond donors (Lipinski definition) is 2. The van der Waals surface area contributed by atoms with Crippen molar-refractivity contribution in [3.05, 3.63) is 71.3 Å². The molecule has 2 aromatic carbocycles. The van der Waals surface area contributed by atoms with Crippen LogP contribution in [0.1, 0.15) is 29.5 Å². The fourth-order valence-corrected chi connectivity index (χ4v) is 3.68. The van der Waals surface area contributed by atoms with E-state index in [2.05, 4.69) is 36.4 Å². The Morgan fingerprint density at radius 2 is 1.76 bits per heavy atom. The lowest BCUT2D eigenvalue weighted by Gasteiger charge is -2.42. The van der Waals surface area contributed by atoms with E-state index in [4.69, 9.17) is 5.73 Å². The zero-order valence-electron chi connectivity index (χ0n) is 12.3. The number of aliphatic hydroxyl groups excluding tert-OH is 1. The fraction of sp³-hybridized carbons (Fsp3) is 0.368. The van der Waals surface area contributed by atoms with Crippen LogP contribution in [-0.2, 0) is 18.3 Å².